The van der Waals surface area contributed by atoms with Crippen LogP contribution in [0.3, 0.4) is 0 Å². The maximum absolute atomic E-state index is 13.4. The molecule has 6 heteroatoms. The number of likely N-dealkylation sites (N-methyl/N-ethyl adjacent to an activating group) is 1. The summed E-state index contributed by atoms with van der Waals surface area (Å²) in [7, 11) is 1.81. The Hall–Kier alpha value is -1.20. The number of nitrogens with zero attached hydrogens (tertiary/aromatic N) is 1. The maximum Gasteiger partial charge on any atom is 0.259 e. The highest BCUT2D eigenvalue weighted by Crippen LogP contribution is 2.18. The van der Waals surface area contributed by atoms with E-state index in [-0.39, 0.29) is 18.4 Å². The van der Waals surface area contributed by atoms with Gasteiger partial charge < -0.3 is 10.2 Å². The Morgan fingerprint density at radius 1 is 1.39 bits per heavy atom. The molecule has 1 atom stereocenters. The number of hydrogen-bond donors (Lipinski definition) is 1. The summed E-state index contributed by atoms with van der Waals surface area (Å²) >= 11 is 0. The van der Waals surface area contributed by atoms with E-state index < -0.39 is 23.1 Å². The first-order valence-electron chi connectivity index (χ1n) is 5.54. The standard InChI is InChI=1S/C12H14F2N2O.ClH/c1-15-8-5-6-16(7-8)12(17)11-9(13)3-2-4-10(11)14;/h2-4,8,15H,5-7H2,1H3;1H. The summed E-state index contributed by atoms with van der Waals surface area (Å²) in [6, 6.07) is 3.65. The van der Waals surface area contributed by atoms with Crippen molar-refractivity contribution in [3.8, 4) is 0 Å². The van der Waals surface area contributed by atoms with Gasteiger partial charge in [0.25, 0.3) is 5.91 Å². The molecule has 1 fully saturated rings. The van der Waals surface area contributed by atoms with E-state index in [2.05, 4.69) is 5.32 Å². The predicted octanol–water partition coefficient (Wildman–Crippen LogP) is 1.82. The minimum atomic E-state index is -0.803. The molecule has 1 unspecified atom stereocenters. The largest absolute Gasteiger partial charge is 0.337 e. The summed E-state index contributed by atoms with van der Waals surface area (Å²) < 4.78 is 26.9. The maximum atomic E-state index is 13.4. The van der Waals surface area contributed by atoms with Crippen LogP contribution in [0.1, 0.15) is 16.8 Å². The van der Waals surface area contributed by atoms with Gasteiger partial charge in [-0.2, -0.15) is 0 Å². The Labute approximate surface area is 111 Å². The van der Waals surface area contributed by atoms with Crippen molar-refractivity contribution >= 4 is 18.3 Å². The number of benzene rings is 1. The molecule has 0 bridgehead atoms. The molecule has 0 aliphatic carbocycles. The van der Waals surface area contributed by atoms with E-state index >= 15 is 0 Å². The lowest BCUT2D eigenvalue weighted by Crippen LogP contribution is -2.34. The van der Waals surface area contributed by atoms with Gasteiger partial charge in [0.05, 0.1) is 0 Å². The molecule has 1 aliphatic rings. The van der Waals surface area contributed by atoms with Gasteiger partial charge in [0.15, 0.2) is 0 Å². The lowest BCUT2D eigenvalue weighted by atomic mass is 10.1. The minimum Gasteiger partial charge on any atom is -0.337 e. The second kappa shape index (κ2) is 6.11. The molecule has 1 aromatic rings. The average molecular weight is 277 g/mol. The van der Waals surface area contributed by atoms with E-state index in [0.717, 1.165) is 18.6 Å². The molecule has 0 radical (unpaired) electrons. The van der Waals surface area contributed by atoms with E-state index in [4.69, 9.17) is 0 Å². The highest BCUT2D eigenvalue weighted by atomic mass is 35.5. The summed E-state index contributed by atoms with van der Waals surface area (Å²) in [4.78, 5) is 13.4. The number of nitrogens with one attached hydrogen (secondary N) is 1. The van der Waals surface area contributed by atoms with Crippen LogP contribution in [0.2, 0.25) is 0 Å². The molecular formula is C12H15ClF2N2O. The van der Waals surface area contributed by atoms with Crippen molar-refractivity contribution < 1.29 is 13.6 Å². The lowest BCUT2D eigenvalue weighted by molar-refractivity contribution is 0.0780. The van der Waals surface area contributed by atoms with Gasteiger partial charge in [-0.3, -0.25) is 4.79 Å². The van der Waals surface area contributed by atoms with E-state index in [1.165, 1.54) is 11.0 Å². The van der Waals surface area contributed by atoms with Crippen LogP contribution in [0.25, 0.3) is 0 Å². The molecule has 1 N–H and O–H groups in total. The van der Waals surface area contributed by atoms with Crippen molar-refractivity contribution in [1.29, 1.82) is 0 Å². The third-order valence-corrected chi connectivity index (χ3v) is 3.06. The van der Waals surface area contributed by atoms with Gasteiger partial charge in [0.2, 0.25) is 0 Å². The van der Waals surface area contributed by atoms with Crippen molar-refractivity contribution in [2.24, 2.45) is 0 Å². The Kier molecular flexibility index (Phi) is 5.04. The quantitative estimate of drug-likeness (QED) is 0.894. The fourth-order valence-corrected chi connectivity index (χ4v) is 2.04. The molecule has 0 aromatic heterocycles. The van der Waals surface area contributed by atoms with Crippen LogP contribution in [-0.4, -0.2) is 37.0 Å². The molecule has 18 heavy (non-hydrogen) atoms. The van der Waals surface area contributed by atoms with Crippen molar-refractivity contribution in [2.75, 3.05) is 20.1 Å². The van der Waals surface area contributed by atoms with Gasteiger partial charge in [-0.25, -0.2) is 8.78 Å². The molecule has 3 nitrogen and oxygen atoms in total. The topological polar surface area (TPSA) is 32.3 Å². The number of carbonyl (C=O) groups is 1. The van der Waals surface area contributed by atoms with Crippen molar-refractivity contribution in [2.45, 2.75) is 12.5 Å². The van der Waals surface area contributed by atoms with Crippen molar-refractivity contribution in [3.05, 3.63) is 35.4 Å². The molecule has 0 spiro atoms. The Morgan fingerprint density at radius 2 is 2.00 bits per heavy atom. The predicted molar refractivity (Wildman–Crippen MR) is 67.0 cm³/mol. The highest BCUT2D eigenvalue weighted by molar-refractivity contribution is 5.95. The van der Waals surface area contributed by atoms with Crippen LogP contribution in [0, 0.1) is 11.6 Å². The normalized spacial score (nSPS) is 18.6. The molecule has 100 valence electrons. The lowest BCUT2D eigenvalue weighted by Gasteiger charge is -2.17. The van der Waals surface area contributed by atoms with E-state index in [9.17, 15) is 13.6 Å². The number of hydrogen-bond acceptors (Lipinski definition) is 2. The number of amides is 1. The SMILES string of the molecule is CNC1CCN(C(=O)c2c(F)cccc2F)C1.Cl. The third kappa shape index (κ3) is 2.79. The zero-order valence-electron chi connectivity index (χ0n) is 9.95. The fraction of sp³-hybridized carbons (Fsp3) is 0.417. The summed E-state index contributed by atoms with van der Waals surface area (Å²) in [5.74, 6) is -2.18. The van der Waals surface area contributed by atoms with Gasteiger partial charge in [0, 0.05) is 19.1 Å². The van der Waals surface area contributed by atoms with Crippen LogP contribution >= 0.6 is 12.4 Å². The van der Waals surface area contributed by atoms with Crippen LogP contribution in [-0.2, 0) is 0 Å². The van der Waals surface area contributed by atoms with Crippen LogP contribution < -0.4 is 5.32 Å². The summed E-state index contributed by atoms with van der Waals surface area (Å²) in [6.07, 6.45) is 0.804. The number of carbonyl (C=O) groups excluding carboxylic acids is 1. The van der Waals surface area contributed by atoms with Gasteiger partial charge in [-0.05, 0) is 25.6 Å². The van der Waals surface area contributed by atoms with Gasteiger partial charge >= 0.3 is 0 Å². The van der Waals surface area contributed by atoms with Gasteiger partial charge in [0.1, 0.15) is 17.2 Å². The first kappa shape index (κ1) is 14.9. The monoisotopic (exact) mass is 276 g/mol. The summed E-state index contributed by atoms with van der Waals surface area (Å²) in [5, 5.41) is 3.05. The second-order valence-electron chi connectivity index (χ2n) is 4.12. The second-order valence-corrected chi connectivity index (χ2v) is 4.12. The summed E-state index contributed by atoms with van der Waals surface area (Å²) in [6.45, 7) is 1.02. The molecule has 1 amide bonds. The van der Waals surface area contributed by atoms with E-state index in [1.54, 1.807) is 0 Å². The van der Waals surface area contributed by atoms with Crippen LogP contribution in [0.4, 0.5) is 8.78 Å². The van der Waals surface area contributed by atoms with Gasteiger partial charge in [-0.1, -0.05) is 6.07 Å². The van der Waals surface area contributed by atoms with Gasteiger partial charge in [-0.15, -0.1) is 12.4 Å². The number of rotatable bonds is 2. The molecule has 1 aliphatic heterocycles. The van der Waals surface area contributed by atoms with Crippen molar-refractivity contribution in [1.82, 2.24) is 10.2 Å². The molecule has 1 saturated heterocycles. The Bertz CT molecular complexity index is 422. The fourth-order valence-electron chi connectivity index (χ4n) is 2.04. The highest BCUT2D eigenvalue weighted by Gasteiger charge is 2.29. The third-order valence-electron chi connectivity index (χ3n) is 3.06. The van der Waals surface area contributed by atoms with Crippen LogP contribution in [0.5, 0.6) is 0 Å². The smallest absolute Gasteiger partial charge is 0.259 e. The minimum absolute atomic E-state index is 0. The number of likely N-dealkylation sites (tertiary alicyclic amines) is 1. The zero-order chi connectivity index (χ0) is 12.4. The molecule has 1 heterocycles. The first-order chi connectivity index (χ1) is 8.13. The average Bonchev–Trinajstić information content (AvgIpc) is 2.77. The Morgan fingerprint density at radius 3 is 2.50 bits per heavy atom. The van der Waals surface area contributed by atoms with E-state index in [0.29, 0.717) is 13.1 Å². The van der Waals surface area contributed by atoms with E-state index in [1.807, 2.05) is 7.05 Å². The molecule has 0 saturated carbocycles. The zero-order valence-corrected chi connectivity index (χ0v) is 10.8. The molecular weight excluding hydrogens is 262 g/mol. The number of halogens is 3. The first-order valence-corrected chi connectivity index (χ1v) is 5.54. The molecule has 2 rings (SSSR count). The molecule has 1 aromatic carbocycles. The summed E-state index contributed by atoms with van der Waals surface area (Å²) in [5.41, 5.74) is -0.454. The Balaban J connectivity index is 0.00000162. The van der Waals surface area contributed by atoms with Crippen molar-refractivity contribution in [3.63, 3.8) is 0 Å². The van der Waals surface area contributed by atoms with Crippen LogP contribution in [0.15, 0.2) is 18.2 Å².